The third kappa shape index (κ3) is 3.71. The molecule has 124 valence electrons. The van der Waals surface area contributed by atoms with E-state index in [1.807, 2.05) is 5.38 Å². The molecule has 2 heterocycles. The van der Waals surface area contributed by atoms with Crippen molar-refractivity contribution in [3.05, 3.63) is 41.2 Å². The Kier molecular flexibility index (Phi) is 5.07. The SMILES string of the molecule is CC(=O)N(c1nc(CSc2nnc(N)s2)cs1)c1ccccc1F. The summed E-state index contributed by atoms with van der Waals surface area (Å²) in [7, 11) is 0. The van der Waals surface area contributed by atoms with Crippen LogP contribution < -0.4 is 10.6 Å². The summed E-state index contributed by atoms with van der Waals surface area (Å²) in [6.07, 6.45) is 0. The molecule has 2 N–H and O–H groups in total. The Morgan fingerprint density at radius 2 is 2.17 bits per heavy atom. The Hall–Kier alpha value is -2.04. The van der Waals surface area contributed by atoms with Gasteiger partial charge in [-0.15, -0.1) is 21.5 Å². The van der Waals surface area contributed by atoms with E-state index < -0.39 is 5.82 Å². The number of halogens is 1. The van der Waals surface area contributed by atoms with Crippen LogP contribution in [0, 0.1) is 5.82 Å². The summed E-state index contributed by atoms with van der Waals surface area (Å²) >= 11 is 4.05. The molecular weight excluding hydrogens is 369 g/mol. The van der Waals surface area contributed by atoms with Gasteiger partial charge in [-0.3, -0.25) is 9.69 Å². The summed E-state index contributed by atoms with van der Waals surface area (Å²) < 4.78 is 14.8. The van der Waals surface area contributed by atoms with E-state index in [2.05, 4.69) is 15.2 Å². The molecule has 0 aliphatic heterocycles. The molecule has 6 nitrogen and oxygen atoms in total. The molecule has 0 aliphatic carbocycles. The standard InChI is InChI=1S/C14H12FN5OS3/c1-8(21)20(11-5-3-2-4-10(11)15)13-17-9(6-22-13)7-23-14-19-18-12(16)24-14/h2-6H,7H2,1H3,(H2,16,18). The van der Waals surface area contributed by atoms with E-state index in [4.69, 9.17) is 5.73 Å². The van der Waals surface area contributed by atoms with Gasteiger partial charge in [-0.2, -0.15) is 0 Å². The maximum Gasteiger partial charge on any atom is 0.230 e. The largest absolute Gasteiger partial charge is 0.374 e. The first-order chi connectivity index (χ1) is 11.5. The Morgan fingerprint density at radius 3 is 2.83 bits per heavy atom. The molecule has 3 rings (SSSR count). The zero-order valence-corrected chi connectivity index (χ0v) is 14.9. The molecule has 0 radical (unpaired) electrons. The molecule has 0 aliphatic rings. The van der Waals surface area contributed by atoms with Crippen molar-refractivity contribution >= 4 is 56.3 Å². The topological polar surface area (TPSA) is 85.0 Å². The lowest BCUT2D eigenvalue weighted by atomic mass is 10.3. The monoisotopic (exact) mass is 381 g/mol. The van der Waals surface area contributed by atoms with E-state index in [1.54, 1.807) is 18.2 Å². The smallest absolute Gasteiger partial charge is 0.230 e. The Bertz CT molecular complexity index is 865. The number of nitrogens with zero attached hydrogens (tertiary/aromatic N) is 4. The van der Waals surface area contributed by atoms with Crippen molar-refractivity contribution in [2.24, 2.45) is 0 Å². The second kappa shape index (κ2) is 7.24. The molecule has 0 bridgehead atoms. The molecule has 0 spiro atoms. The maximum absolute atomic E-state index is 14.0. The van der Waals surface area contributed by atoms with Gasteiger partial charge in [0.2, 0.25) is 11.0 Å². The van der Waals surface area contributed by atoms with Crippen LogP contribution in [0.4, 0.5) is 20.3 Å². The molecule has 1 aromatic carbocycles. The summed E-state index contributed by atoms with van der Waals surface area (Å²) in [5.74, 6) is -0.206. The van der Waals surface area contributed by atoms with Gasteiger partial charge in [-0.25, -0.2) is 9.37 Å². The number of hydrogen-bond donors (Lipinski definition) is 1. The summed E-state index contributed by atoms with van der Waals surface area (Å²) in [6, 6.07) is 6.12. The molecule has 2 aromatic heterocycles. The zero-order valence-electron chi connectivity index (χ0n) is 12.5. The van der Waals surface area contributed by atoms with Crippen LogP contribution in [0.3, 0.4) is 0 Å². The number of aromatic nitrogens is 3. The number of hydrogen-bond acceptors (Lipinski definition) is 8. The first kappa shape index (κ1) is 16.8. The predicted molar refractivity (Wildman–Crippen MR) is 95.2 cm³/mol. The van der Waals surface area contributed by atoms with Gasteiger partial charge < -0.3 is 5.73 Å². The van der Waals surface area contributed by atoms with Crippen LogP contribution in [-0.4, -0.2) is 21.1 Å². The number of amides is 1. The van der Waals surface area contributed by atoms with Gasteiger partial charge >= 0.3 is 0 Å². The summed E-state index contributed by atoms with van der Waals surface area (Å²) in [4.78, 5) is 17.7. The van der Waals surface area contributed by atoms with Crippen LogP contribution in [0.25, 0.3) is 0 Å². The summed E-state index contributed by atoms with van der Waals surface area (Å²) in [6.45, 7) is 1.38. The highest BCUT2D eigenvalue weighted by atomic mass is 32.2. The van der Waals surface area contributed by atoms with E-state index in [0.29, 0.717) is 16.0 Å². The van der Waals surface area contributed by atoms with Gasteiger partial charge in [0.25, 0.3) is 0 Å². The molecule has 0 saturated heterocycles. The van der Waals surface area contributed by atoms with Crippen LogP contribution in [0.2, 0.25) is 0 Å². The average Bonchev–Trinajstić information content (AvgIpc) is 3.16. The quantitative estimate of drug-likeness (QED) is 0.679. The lowest BCUT2D eigenvalue weighted by molar-refractivity contribution is -0.115. The molecule has 0 fully saturated rings. The highest BCUT2D eigenvalue weighted by molar-refractivity contribution is 8.00. The summed E-state index contributed by atoms with van der Waals surface area (Å²) in [5, 5.41) is 10.4. The maximum atomic E-state index is 14.0. The second-order valence-electron chi connectivity index (χ2n) is 4.62. The van der Waals surface area contributed by atoms with Crippen LogP contribution in [0.1, 0.15) is 12.6 Å². The molecule has 0 unspecified atom stereocenters. The lowest BCUT2D eigenvalue weighted by Gasteiger charge is -2.18. The van der Waals surface area contributed by atoms with Crippen LogP contribution in [0.5, 0.6) is 0 Å². The number of anilines is 3. The molecule has 24 heavy (non-hydrogen) atoms. The fourth-order valence-corrected chi connectivity index (χ4v) is 4.43. The normalized spacial score (nSPS) is 10.8. The fraction of sp³-hybridized carbons (Fsp3) is 0.143. The van der Waals surface area contributed by atoms with E-state index in [0.717, 1.165) is 10.0 Å². The number of rotatable bonds is 5. The number of nitrogen functional groups attached to an aromatic ring is 1. The van der Waals surface area contributed by atoms with Crippen molar-refractivity contribution in [1.29, 1.82) is 0 Å². The minimum Gasteiger partial charge on any atom is -0.374 e. The third-order valence-corrected chi connectivity index (χ3v) is 5.70. The van der Waals surface area contributed by atoms with E-state index in [9.17, 15) is 9.18 Å². The number of thioether (sulfide) groups is 1. The van der Waals surface area contributed by atoms with Gasteiger partial charge in [0, 0.05) is 18.1 Å². The summed E-state index contributed by atoms with van der Waals surface area (Å²) in [5.41, 5.74) is 6.51. The molecule has 10 heteroatoms. The molecule has 0 atom stereocenters. The van der Waals surface area contributed by atoms with Crippen molar-refractivity contribution in [2.75, 3.05) is 10.6 Å². The number of benzene rings is 1. The fourth-order valence-electron chi connectivity index (χ4n) is 1.92. The third-order valence-electron chi connectivity index (χ3n) is 2.90. The number of carbonyl (C=O) groups is 1. The van der Waals surface area contributed by atoms with E-state index in [1.165, 1.54) is 52.3 Å². The number of nitrogens with two attached hydrogens (primary N) is 1. The predicted octanol–water partition coefficient (Wildman–Crippen LogP) is 3.69. The molecular formula is C14H12FN5OS3. The second-order valence-corrected chi connectivity index (χ2v) is 7.69. The van der Waals surface area contributed by atoms with Gasteiger partial charge in [-0.05, 0) is 12.1 Å². The number of thiazole rings is 1. The molecule has 3 aromatic rings. The first-order valence-corrected chi connectivity index (χ1v) is 9.44. The van der Waals surface area contributed by atoms with Crippen molar-refractivity contribution in [1.82, 2.24) is 15.2 Å². The number of para-hydroxylation sites is 1. The van der Waals surface area contributed by atoms with Gasteiger partial charge in [0.1, 0.15) is 5.82 Å². The van der Waals surface area contributed by atoms with Crippen LogP contribution in [0.15, 0.2) is 34.0 Å². The van der Waals surface area contributed by atoms with Gasteiger partial charge in [-0.1, -0.05) is 35.2 Å². The van der Waals surface area contributed by atoms with Crippen molar-refractivity contribution < 1.29 is 9.18 Å². The van der Waals surface area contributed by atoms with Crippen molar-refractivity contribution in [2.45, 2.75) is 17.0 Å². The molecule has 1 amide bonds. The number of carbonyl (C=O) groups excluding carboxylic acids is 1. The van der Waals surface area contributed by atoms with Crippen molar-refractivity contribution in [3.8, 4) is 0 Å². The van der Waals surface area contributed by atoms with Crippen LogP contribution in [-0.2, 0) is 10.5 Å². The van der Waals surface area contributed by atoms with Crippen LogP contribution >= 0.6 is 34.4 Å². The Balaban J connectivity index is 1.79. The highest BCUT2D eigenvalue weighted by Gasteiger charge is 2.20. The zero-order chi connectivity index (χ0) is 17.1. The Morgan fingerprint density at radius 1 is 1.38 bits per heavy atom. The van der Waals surface area contributed by atoms with E-state index >= 15 is 0 Å². The minimum atomic E-state index is -0.469. The highest BCUT2D eigenvalue weighted by Crippen LogP contribution is 2.33. The average molecular weight is 381 g/mol. The minimum absolute atomic E-state index is 0.190. The van der Waals surface area contributed by atoms with Gasteiger partial charge in [0.05, 0.1) is 11.4 Å². The first-order valence-electron chi connectivity index (χ1n) is 6.76. The van der Waals surface area contributed by atoms with Gasteiger partial charge in [0.15, 0.2) is 9.47 Å². The van der Waals surface area contributed by atoms with Crippen molar-refractivity contribution in [3.63, 3.8) is 0 Å². The Labute approximate surface area is 149 Å². The van der Waals surface area contributed by atoms with E-state index in [-0.39, 0.29) is 11.6 Å². The lowest BCUT2D eigenvalue weighted by Crippen LogP contribution is -2.23. The molecule has 0 saturated carbocycles.